The fourth-order valence-electron chi connectivity index (χ4n) is 2.77. The molecule has 0 spiro atoms. The highest BCUT2D eigenvalue weighted by molar-refractivity contribution is 6.28. The molecular weight excluding hydrogens is 302 g/mol. The standard InChI is InChI=1S/C16H18ClN3O2/c1-2-22-15(21)11-6-7-12-13(10-11)18-16(17)19-14(12)20-8-4-3-5-9-20/h6-7,10H,2-5,8-9H2,1H3. The van der Waals surface area contributed by atoms with Crippen LogP contribution < -0.4 is 4.90 Å². The fraction of sp³-hybridized carbons (Fsp3) is 0.438. The summed E-state index contributed by atoms with van der Waals surface area (Å²) in [4.78, 5) is 22.7. The van der Waals surface area contributed by atoms with E-state index in [1.54, 1.807) is 19.1 Å². The van der Waals surface area contributed by atoms with Gasteiger partial charge in [0.2, 0.25) is 5.28 Å². The number of hydrogen-bond donors (Lipinski definition) is 0. The molecule has 0 radical (unpaired) electrons. The van der Waals surface area contributed by atoms with Crippen LogP contribution in [0.5, 0.6) is 0 Å². The van der Waals surface area contributed by atoms with Gasteiger partial charge in [-0.3, -0.25) is 0 Å². The van der Waals surface area contributed by atoms with Crippen LogP contribution >= 0.6 is 11.6 Å². The number of piperidine rings is 1. The van der Waals surface area contributed by atoms with Crippen LogP contribution in [0.2, 0.25) is 5.28 Å². The van der Waals surface area contributed by atoms with Crippen molar-refractivity contribution in [2.75, 3.05) is 24.6 Å². The molecule has 1 saturated heterocycles. The van der Waals surface area contributed by atoms with Crippen LogP contribution in [0.4, 0.5) is 5.82 Å². The van der Waals surface area contributed by atoms with Crippen LogP contribution in [-0.2, 0) is 4.74 Å². The van der Waals surface area contributed by atoms with Crippen LogP contribution in [0.1, 0.15) is 36.5 Å². The van der Waals surface area contributed by atoms with E-state index >= 15 is 0 Å². The third-order valence-electron chi connectivity index (χ3n) is 3.82. The average molecular weight is 320 g/mol. The first kappa shape index (κ1) is 15.0. The molecule has 0 saturated carbocycles. The lowest BCUT2D eigenvalue weighted by Gasteiger charge is -2.28. The number of nitrogens with zero attached hydrogens (tertiary/aromatic N) is 3. The molecule has 116 valence electrons. The number of carbonyl (C=O) groups excluding carboxylic acids is 1. The number of anilines is 1. The molecule has 0 bridgehead atoms. The number of ether oxygens (including phenoxy) is 1. The fourth-order valence-corrected chi connectivity index (χ4v) is 2.94. The second kappa shape index (κ2) is 6.48. The number of fused-ring (bicyclic) bond motifs is 1. The second-order valence-electron chi connectivity index (χ2n) is 5.32. The molecule has 0 N–H and O–H groups in total. The molecule has 3 rings (SSSR count). The smallest absolute Gasteiger partial charge is 0.338 e. The van der Waals surface area contributed by atoms with Crippen molar-refractivity contribution in [2.24, 2.45) is 0 Å². The van der Waals surface area contributed by atoms with Crippen molar-refractivity contribution in [1.29, 1.82) is 0 Å². The predicted octanol–water partition coefficient (Wildman–Crippen LogP) is 3.45. The predicted molar refractivity (Wildman–Crippen MR) is 86.6 cm³/mol. The molecule has 0 unspecified atom stereocenters. The number of hydrogen-bond acceptors (Lipinski definition) is 5. The molecule has 1 aliphatic rings. The maximum atomic E-state index is 11.9. The van der Waals surface area contributed by atoms with Crippen molar-refractivity contribution in [3.05, 3.63) is 29.0 Å². The van der Waals surface area contributed by atoms with Crippen molar-refractivity contribution in [1.82, 2.24) is 9.97 Å². The summed E-state index contributed by atoms with van der Waals surface area (Å²) in [7, 11) is 0. The molecule has 5 nitrogen and oxygen atoms in total. The van der Waals surface area contributed by atoms with E-state index in [0.29, 0.717) is 17.7 Å². The van der Waals surface area contributed by atoms with Gasteiger partial charge in [-0.1, -0.05) is 0 Å². The average Bonchev–Trinajstić information content (AvgIpc) is 2.54. The van der Waals surface area contributed by atoms with E-state index in [1.165, 1.54) is 6.42 Å². The Labute approximate surface area is 134 Å². The molecule has 1 aromatic carbocycles. The highest BCUT2D eigenvalue weighted by Gasteiger charge is 2.18. The summed E-state index contributed by atoms with van der Waals surface area (Å²) in [6.45, 7) is 4.08. The molecule has 0 amide bonds. The van der Waals surface area contributed by atoms with E-state index in [0.717, 1.165) is 37.1 Å². The van der Waals surface area contributed by atoms with Gasteiger partial charge in [-0.15, -0.1) is 0 Å². The number of esters is 1. The number of aromatic nitrogens is 2. The molecule has 2 heterocycles. The van der Waals surface area contributed by atoms with Gasteiger partial charge in [-0.2, -0.15) is 4.98 Å². The molecular formula is C16H18ClN3O2. The zero-order chi connectivity index (χ0) is 15.5. The SMILES string of the molecule is CCOC(=O)c1ccc2c(N3CCCCC3)nc(Cl)nc2c1. The third-order valence-corrected chi connectivity index (χ3v) is 3.99. The van der Waals surface area contributed by atoms with Gasteiger partial charge in [0.1, 0.15) is 5.82 Å². The van der Waals surface area contributed by atoms with Crippen LogP contribution in [0.15, 0.2) is 18.2 Å². The normalized spacial score (nSPS) is 15.1. The van der Waals surface area contributed by atoms with Gasteiger partial charge < -0.3 is 9.64 Å². The first-order chi connectivity index (χ1) is 10.7. The van der Waals surface area contributed by atoms with E-state index < -0.39 is 0 Å². The lowest BCUT2D eigenvalue weighted by Crippen LogP contribution is -2.30. The third kappa shape index (κ3) is 2.99. The van der Waals surface area contributed by atoms with Crippen molar-refractivity contribution in [2.45, 2.75) is 26.2 Å². The molecule has 1 fully saturated rings. The Morgan fingerprint density at radius 1 is 1.27 bits per heavy atom. The zero-order valence-electron chi connectivity index (χ0n) is 12.5. The Hall–Kier alpha value is -1.88. The monoisotopic (exact) mass is 319 g/mol. The largest absolute Gasteiger partial charge is 0.462 e. The molecule has 1 aliphatic heterocycles. The Morgan fingerprint density at radius 2 is 2.05 bits per heavy atom. The second-order valence-corrected chi connectivity index (χ2v) is 5.65. The minimum atomic E-state index is -0.348. The minimum Gasteiger partial charge on any atom is -0.462 e. The highest BCUT2D eigenvalue weighted by Crippen LogP contribution is 2.28. The van der Waals surface area contributed by atoms with Gasteiger partial charge >= 0.3 is 5.97 Å². The molecule has 0 aliphatic carbocycles. The van der Waals surface area contributed by atoms with E-state index in [9.17, 15) is 4.79 Å². The number of carbonyl (C=O) groups is 1. The van der Waals surface area contributed by atoms with Crippen molar-refractivity contribution in [3.63, 3.8) is 0 Å². The van der Waals surface area contributed by atoms with Crippen molar-refractivity contribution < 1.29 is 9.53 Å². The van der Waals surface area contributed by atoms with Crippen LogP contribution in [0.25, 0.3) is 10.9 Å². The topological polar surface area (TPSA) is 55.3 Å². The molecule has 2 aromatic rings. The zero-order valence-corrected chi connectivity index (χ0v) is 13.3. The van der Waals surface area contributed by atoms with Crippen LogP contribution in [0.3, 0.4) is 0 Å². The number of rotatable bonds is 3. The summed E-state index contributed by atoms with van der Waals surface area (Å²) in [5.74, 6) is 0.503. The van der Waals surface area contributed by atoms with E-state index in [1.807, 2.05) is 6.07 Å². The Morgan fingerprint density at radius 3 is 2.77 bits per heavy atom. The summed E-state index contributed by atoms with van der Waals surface area (Å²) in [5.41, 5.74) is 1.15. The molecule has 0 atom stereocenters. The molecule has 22 heavy (non-hydrogen) atoms. The summed E-state index contributed by atoms with van der Waals surface area (Å²) in [6, 6.07) is 5.35. The van der Waals surface area contributed by atoms with Gasteiger partial charge in [0.25, 0.3) is 0 Å². The lowest BCUT2D eigenvalue weighted by molar-refractivity contribution is 0.0526. The van der Waals surface area contributed by atoms with Gasteiger partial charge in [0.15, 0.2) is 0 Å². The molecule has 1 aromatic heterocycles. The highest BCUT2D eigenvalue weighted by atomic mass is 35.5. The van der Waals surface area contributed by atoms with E-state index in [4.69, 9.17) is 16.3 Å². The maximum Gasteiger partial charge on any atom is 0.338 e. The Kier molecular flexibility index (Phi) is 4.43. The summed E-state index contributed by atoms with van der Waals surface area (Å²) >= 11 is 6.07. The lowest BCUT2D eigenvalue weighted by atomic mass is 10.1. The summed E-state index contributed by atoms with van der Waals surface area (Å²) < 4.78 is 5.03. The maximum absolute atomic E-state index is 11.9. The summed E-state index contributed by atoms with van der Waals surface area (Å²) in [5, 5.41) is 1.12. The van der Waals surface area contributed by atoms with Crippen LogP contribution in [-0.4, -0.2) is 35.6 Å². The first-order valence-corrected chi connectivity index (χ1v) is 7.96. The van der Waals surface area contributed by atoms with Crippen LogP contribution in [0, 0.1) is 0 Å². The van der Waals surface area contributed by atoms with Gasteiger partial charge in [0, 0.05) is 18.5 Å². The molecule has 6 heteroatoms. The van der Waals surface area contributed by atoms with E-state index in [-0.39, 0.29) is 11.3 Å². The number of halogens is 1. The van der Waals surface area contributed by atoms with Gasteiger partial charge in [-0.25, -0.2) is 9.78 Å². The van der Waals surface area contributed by atoms with E-state index in [2.05, 4.69) is 14.9 Å². The van der Waals surface area contributed by atoms with Gasteiger partial charge in [-0.05, 0) is 56.0 Å². The van der Waals surface area contributed by atoms with Crippen molar-refractivity contribution in [3.8, 4) is 0 Å². The summed E-state index contributed by atoms with van der Waals surface area (Å²) in [6.07, 6.45) is 3.56. The Balaban J connectivity index is 2.04. The first-order valence-electron chi connectivity index (χ1n) is 7.58. The number of benzene rings is 1. The quantitative estimate of drug-likeness (QED) is 0.640. The van der Waals surface area contributed by atoms with Gasteiger partial charge in [0.05, 0.1) is 17.7 Å². The Bertz CT molecular complexity index is 699. The minimum absolute atomic E-state index is 0.203. The van der Waals surface area contributed by atoms with Crippen molar-refractivity contribution >= 4 is 34.3 Å².